The van der Waals surface area contributed by atoms with E-state index in [9.17, 15) is 4.79 Å². The van der Waals surface area contributed by atoms with Crippen molar-refractivity contribution in [3.63, 3.8) is 0 Å². The number of nitrogens with one attached hydrogen (secondary N) is 1. The van der Waals surface area contributed by atoms with Crippen molar-refractivity contribution in [1.29, 1.82) is 5.26 Å². The van der Waals surface area contributed by atoms with Gasteiger partial charge in [0.2, 0.25) is 11.8 Å². The first kappa shape index (κ1) is 15.4. The van der Waals surface area contributed by atoms with Crippen LogP contribution in [0.1, 0.15) is 12.8 Å². The number of amides is 1. The van der Waals surface area contributed by atoms with Gasteiger partial charge in [-0.1, -0.05) is 28.9 Å². The van der Waals surface area contributed by atoms with E-state index in [1.54, 1.807) is 23.1 Å². The van der Waals surface area contributed by atoms with Gasteiger partial charge < -0.3 is 9.42 Å². The number of hydrogen-bond acceptors (Lipinski definition) is 5. The molecule has 1 N–H and O–H groups in total. The number of nitrogens with zero attached hydrogens (tertiary/aromatic N) is 3. The molecule has 3 rings (SSSR count). The number of benzene rings is 1. The third kappa shape index (κ3) is 3.82. The van der Waals surface area contributed by atoms with Gasteiger partial charge in [-0.15, -0.1) is 0 Å². The molecule has 2 aromatic rings. The van der Waals surface area contributed by atoms with Gasteiger partial charge in [0.25, 0.3) is 0 Å². The number of aromatic nitrogens is 1. The summed E-state index contributed by atoms with van der Waals surface area (Å²) >= 11 is 5.95. The quantitative estimate of drug-likeness (QED) is 0.871. The van der Waals surface area contributed by atoms with Crippen LogP contribution >= 0.6 is 11.6 Å². The molecule has 1 aromatic carbocycles. The largest absolute Gasteiger partial charge is 0.338 e. The summed E-state index contributed by atoms with van der Waals surface area (Å²) in [5.41, 5.74) is 1.43. The summed E-state index contributed by atoms with van der Waals surface area (Å²) in [4.78, 5) is 13.7. The number of carbonyl (C=O) groups excluding carboxylic acids is 1. The van der Waals surface area contributed by atoms with E-state index in [4.69, 9.17) is 21.4 Å². The molecule has 7 heteroatoms. The molecule has 0 radical (unpaired) electrons. The summed E-state index contributed by atoms with van der Waals surface area (Å²) in [5.74, 6) is 0.369. The highest BCUT2D eigenvalue weighted by molar-refractivity contribution is 6.30. The maximum atomic E-state index is 12.0. The van der Waals surface area contributed by atoms with Crippen LogP contribution < -0.4 is 5.32 Å². The van der Waals surface area contributed by atoms with Gasteiger partial charge in [-0.3, -0.25) is 10.1 Å². The molecule has 1 amide bonds. The summed E-state index contributed by atoms with van der Waals surface area (Å²) in [6, 6.07) is 8.91. The third-order valence-electron chi connectivity index (χ3n) is 3.79. The van der Waals surface area contributed by atoms with E-state index in [2.05, 4.69) is 16.7 Å². The molecule has 23 heavy (non-hydrogen) atoms. The van der Waals surface area contributed by atoms with Crippen LogP contribution in [0, 0.1) is 17.4 Å². The zero-order valence-corrected chi connectivity index (χ0v) is 13.1. The lowest BCUT2D eigenvalue weighted by Crippen LogP contribution is -2.19. The summed E-state index contributed by atoms with van der Waals surface area (Å²) < 4.78 is 5.15. The highest BCUT2D eigenvalue weighted by atomic mass is 35.5. The second-order valence-electron chi connectivity index (χ2n) is 5.54. The lowest BCUT2D eigenvalue weighted by molar-refractivity contribution is -0.117. The Hall–Kier alpha value is -2.52. The van der Waals surface area contributed by atoms with Crippen LogP contribution in [0.15, 0.2) is 34.9 Å². The van der Waals surface area contributed by atoms with Crippen LogP contribution in [0.25, 0.3) is 11.3 Å². The van der Waals surface area contributed by atoms with Crippen molar-refractivity contribution >= 4 is 23.4 Å². The van der Waals surface area contributed by atoms with Crippen molar-refractivity contribution in [2.75, 3.05) is 18.4 Å². The van der Waals surface area contributed by atoms with Gasteiger partial charge >= 0.3 is 0 Å². The highest BCUT2D eigenvalue weighted by Crippen LogP contribution is 2.25. The molecule has 0 spiro atoms. The lowest BCUT2D eigenvalue weighted by atomic mass is 10.0. The van der Waals surface area contributed by atoms with Gasteiger partial charge in [0.05, 0.1) is 0 Å². The van der Waals surface area contributed by atoms with E-state index in [0.29, 0.717) is 29.6 Å². The Kier molecular flexibility index (Phi) is 4.49. The molecular weight excluding hydrogens is 316 g/mol. The minimum atomic E-state index is -0.136. The molecule has 0 bridgehead atoms. The predicted molar refractivity (Wildman–Crippen MR) is 85.5 cm³/mol. The van der Waals surface area contributed by atoms with Crippen LogP contribution in [-0.2, 0) is 4.79 Å². The first-order valence-electron chi connectivity index (χ1n) is 7.31. The second kappa shape index (κ2) is 6.71. The number of halogens is 1. The van der Waals surface area contributed by atoms with Crippen molar-refractivity contribution in [2.24, 2.45) is 5.92 Å². The molecular formula is C16H15ClN4O2. The Morgan fingerprint density at radius 2 is 2.39 bits per heavy atom. The van der Waals surface area contributed by atoms with Crippen LogP contribution in [0.5, 0.6) is 0 Å². The maximum absolute atomic E-state index is 12.0. The minimum absolute atomic E-state index is 0.136. The molecule has 2 heterocycles. The third-order valence-corrected chi connectivity index (χ3v) is 4.03. The second-order valence-corrected chi connectivity index (χ2v) is 5.98. The predicted octanol–water partition coefficient (Wildman–Crippen LogP) is 3.13. The van der Waals surface area contributed by atoms with Crippen molar-refractivity contribution < 1.29 is 9.32 Å². The molecule has 6 nitrogen and oxygen atoms in total. The van der Waals surface area contributed by atoms with E-state index < -0.39 is 0 Å². The fourth-order valence-electron chi connectivity index (χ4n) is 2.66. The van der Waals surface area contributed by atoms with E-state index in [1.807, 2.05) is 12.1 Å². The van der Waals surface area contributed by atoms with Gasteiger partial charge in [0.1, 0.15) is 5.69 Å². The van der Waals surface area contributed by atoms with Crippen LogP contribution in [0.2, 0.25) is 5.02 Å². The molecule has 1 aliphatic heterocycles. The van der Waals surface area contributed by atoms with E-state index in [-0.39, 0.29) is 11.8 Å². The Balaban J connectivity index is 1.59. The highest BCUT2D eigenvalue weighted by Gasteiger charge is 2.24. The minimum Gasteiger partial charge on any atom is -0.338 e. The zero-order chi connectivity index (χ0) is 16.2. The SMILES string of the molecule is N#CN1CC[C@@H](CC(=O)Nc2cc(-c3cccc(Cl)c3)no2)C1. The van der Waals surface area contributed by atoms with Crippen LogP contribution in [0.3, 0.4) is 0 Å². The van der Waals surface area contributed by atoms with Gasteiger partial charge in [0.15, 0.2) is 6.19 Å². The molecule has 118 valence electrons. The lowest BCUT2D eigenvalue weighted by Gasteiger charge is -2.08. The summed E-state index contributed by atoms with van der Waals surface area (Å²) in [5, 5.41) is 16.1. The Labute approximate surface area is 138 Å². The molecule has 1 fully saturated rings. The van der Waals surface area contributed by atoms with Gasteiger partial charge in [-0.2, -0.15) is 5.26 Å². The maximum Gasteiger partial charge on any atom is 0.231 e. The standard InChI is InChI=1S/C16H15ClN4O2/c17-13-3-1-2-12(7-13)14-8-16(23-20-14)19-15(22)6-11-4-5-21(9-11)10-18/h1-3,7-8,11H,4-6,9H2,(H,19,22)/t11-/m0/s1. The summed E-state index contributed by atoms with van der Waals surface area (Å²) in [6.45, 7) is 1.35. The van der Waals surface area contributed by atoms with Crippen LogP contribution in [-0.4, -0.2) is 29.1 Å². The van der Waals surface area contributed by atoms with Crippen molar-refractivity contribution in [3.05, 3.63) is 35.4 Å². The number of rotatable bonds is 4. The van der Waals surface area contributed by atoms with Crippen molar-refractivity contribution in [2.45, 2.75) is 12.8 Å². The topological polar surface area (TPSA) is 82.2 Å². The number of hydrogen-bond donors (Lipinski definition) is 1. The Morgan fingerprint density at radius 1 is 1.52 bits per heavy atom. The number of anilines is 1. The van der Waals surface area contributed by atoms with Gasteiger partial charge in [0, 0.05) is 36.2 Å². The molecule has 0 unspecified atom stereocenters. The first-order chi connectivity index (χ1) is 11.1. The van der Waals surface area contributed by atoms with Gasteiger partial charge in [-0.05, 0) is 24.5 Å². The van der Waals surface area contributed by atoms with E-state index >= 15 is 0 Å². The first-order valence-corrected chi connectivity index (χ1v) is 7.69. The number of nitriles is 1. The van der Waals surface area contributed by atoms with Crippen molar-refractivity contribution in [1.82, 2.24) is 10.1 Å². The van der Waals surface area contributed by atoms with Gasteiger partial charge in [-0.25, -0.2) is 0 Å². The van der Waals surface area contributed by atoms with Crippen molar-refractivity contribution in [3.8, 4) is 17.5 Å². The molecule has 1 saturated heterocycles. The zero-order valence-electron chi connectivity index (χ0n) is 12.3. The van der Waals surface area contributed by atoms with E-state index in [1.165, 1.54) is 0 Å². The average molecular weight is 331 g/mol. The Bertz CT molecular complexity index is 753. The monoisotopic (exact) mass is 330 g/mol. The van der Waals surface area contributed by atoms with E-state index in [0.717, 1.165) is 18.5 Å². The average Bonchev–Trinajstić information content (AvgIpc) is 3.16. The Morgan fingerprint density at radius 3 is 3.13 bits per heavy atom. The smallest absolute Gasteiger partial charge is 0.231 e. The molecule has 1 aromatic heterocycles. The number of likely N-dealkylation sites (tertiary alicyclic amines) is 1. The normalized spacial score (nSPS) is 17.0. The molecule has 1 atom stereocenters. The summed E-state index contributed by atoms with van der Waals surface area (Å²) in [6.07, 6.45) is 3.32. The molecule has 0 saturated carbocycles. The summed E-state index contributed by atoms with van der Waals surface area (Å²) in [7, 11) is 0. The fourth-order valence-corrected chi connectivity index (χ4v) is 2.85. The van der Waals surface area contributed by atoms with Crippen LogP contribution in [0.4, 0.5) is 5.88 Å². The molecule has 0 aliphatic carbocycles. The molecule has 1 aliphatic rings. The number of carbonyl (C=O) groups is 1. The fraction of sp³-hybridized carbons (Fsp3) is 0.312.